The van der Waals surface area contributed by atoms with Gasteiger partial charge < -0.3 is 9.80 Å². The molecule has 0 unspecified atom stereocenters. The van der Waals surface area contributed by atoms with E-state index in [4.69, 9.17) is 11.6 Å². The maximum absolute atomic E-state index is 6.26. The average Bonchev–Trinajstić information content (AvgIpc) is 2.88. The van der Waals surface area contributed by atoms with E-state index in [1.54, 1.807) is 0 Å². The molecule has 0 aliphatic carbocycles. The van der Waals surface area contributed by atoms with Crippen molar-refractivity contribution < 1.29 is 0 Å². The number of hydrogen-bond donors (Lipinski definition) is 0. The number of anilines is 1. The van der Waals surface area contributed by atoms with Gasteiger partial charge in [0, 0.05) is 41.5 Å². The highest BCUT2D eigenvalue weighted by molar-refractivity contribution is 6.31. The van der Waals surface area contributed by atoms with Crippen molar-refractivity contribution >= 4 is 17.3 Å². The minimum atomic E-state index is 0.781. The highest BCUT2D eigenvalue weighted by Crippen LogP contribution is 2.40. The Morgan fingerprint density at radius 1 is 1.27 bits per heavy atom. The van der Waals surface area contributed by atoms with E-state index in [1.165, 1.54) is 22.5 Å². The lowest BCUT2D eigenvalue weighted by atomic mass is 9.99. The van der Waals surface area contributed by atoms with Crippen LogP contribution < -0.4 is 4.90 Å². The van der Waals surface area contributed by atoms with Crippen LogP contribution in [-0.4, -0.2) is 41.9 Å². The second kappa shape index (κ2) is 6.31. The van der Waals surface area contributed by atoms with Crippen molar-refractivity contribution in [1.29, 1.82) is 0 Å². The lowest BCUT2D eigenvalue weighted by molar-refractivity contribution is 0.374. The number of aromatic nitrogens is 2. The molecule has 5 heteroatoms. The fourth-order valence-electron chi connectivity index (χ4n) is 3.05. The maximum atomic E-state index is 6.26. The third-order valence-corrected chi connectivity index (χ3v) is 4.32. The van der Waals surface area contributed by atoms with Crippen LogP contribution in [0.3, 0.4) is 0 Å². The highest BCUT2D eigenvalue weighted by Gasteiger charge is 2.25. The van der Waals surface area contributed by atoms with Gasteiger partial charge in [-0.15, -0.1) is 0 Å². The lowest BCUT2D eigenvalue weighted by Gasteiger charge is -2.31. The Hall–Kier alpha value is -1.52. The molecule has 0 saturated heterocycles. The smallest absolute Gasteiger partial charge is 0.0754 e. The minimum Gasteiger partial charge on any atom is -0.367 e. The van der Waals surface area contributed by atoms with Gasteiger partial charge in [0.2, 0.25) is 0 Å². The molecule has 0 radical (unpaired) electrons. The van der Waals surface area contributed by atoms with Crippen molar-refractivity contribution in [3.63, 3.8) is 0 Å². The van der Waals surface area contributed by atoms with Crippen molar-refractivity contribution in [1.82, 2.24) is 14.7 Å². The first-order valence-electron chi connectivity index (χ1n) is 7.84. The van der Waals surface area contributed by atoms with E-state index in [9.17, 15) is 0 Å². The Kier molecular flexibility index (Phi) is 4.41. The van der Waals surface area contributed by atoms with Gasteiger partial charge in [0.15, 0.2) is 0 Å². The summed E-state index contributed by atoms with van der Waals surface area (Å²) in [5.74, 6) is 0. The lowest BCUT2D eigenvalue weighted by Crippen LogP contribution is -2.28. The Labute approximate surface area is 137 Å². The van der Waals surface area contributed by atoms with Gasteiger partial charge in [0.05, 0.1) is 18.4 Å². The summed E-state index contributed by atoms with van der Waals surface area (Å²) in [4.78, 5) is 4.60. The molecule has 2 aromatic rings. The Morgan fingerprint density at radius 3 is 2.82 bits per heavy atom. The van der Waals surface area contributed by atoms with Gasteiger partial charge in [0.1, 0.15) is 0 Å². The van der Waals surface area contributed by atoms with Crippen molar-refractivity contribution in [2.45, 2.75) is 26.4 Å². The predicted molar refractivity (Wildman–Crippen MR) is 92.6 cm³/mol. The van der Waals surface area contributed by atoms with E-state index in [0.29, 0.717) is 0 Å². The third-order valence-electron chi connectivity index (χ3n) is 4.08. The fourth-order valence-corrected chi connectivity index (χ4v) is 3.22. The highest BCUT2D eigenvalue weighted by atomic mass is 35.5. The molecule has 1 aliphatic heterocycles. The Morgan fingerprint density at radius 2 is 2.09 bits per heavy atom. The third kappa shape index (κ3) is 2.85. The van der Waals surface area contributed by atoms with Crippen molar-refractivity contribution in [2.24, 2.45) is 0 Å². The monoisotopic (exact) mass is 318 g/mol. The van der Waals surface area contributed by atoms with Crippen LogP contribution in [0.5, 0.6) is 0 Å². The van der Waals surface area contributed by atoms with Crippen LogP contribution in [-0.2, 0) is 13.1 Å². The molecular weight excluding hydrogens is 296 g/mol. The van der Waals surface area contributed by atoms with Gasteiger partial charge in [-0.2, -0.15) is 5.10 Å². The van der Waals surface area contributed by atoms with E-state index >= 15 is 0 Å². The molecule has 0 amide bonds. The molecule has 1 aromatic carbocycles. The number of nitrogens with zero attached hydrogens (tertiary/aromatic N) is 4. The molecule has 22 heavy (non-hydrogen) atoms. The first kappa shape index (κ1) is 15.4. The van der Waals surface area contributed by atoms with Gasteiger partial charge in [0.25, 0.3) is 0 Å². The quantitative estimate of drug-likeness (QED) is 0.843. The van der Waals surface area contributed by atoms with E-state index in [2.05, 4.69) is 52.7 Å². The minimum absolute atomic E-state index is 0.781. The topological polar surface area (TPSA) is 24.3 Å². The number of fused-ring (bicyclic) bond motifs is 3. The first-order valence-corrected chi connectivity index (χ1v) is 8.22. The van der Waals surface area contributed by atoms with Crippen LogP contribution in [0, 0.1) is 0 Å². The standard InChI is InChI=1S/C17H23ClN4/c1-4-7-21-12-13-11-19-22(9-8-20(2)3)17(13)15-10-14(18)5-6-16(15)21/h5-6,10-11H,4,7-9,12H2,1-3H3. The molecule has 0 saturated carbocycles. The zero-order chi connectivity index (χ0) is 15.7. The zero-order valence-electron chi connectivity index (χ0n) is 13.5. The summed E-state index contributed by atoms with van der Waals surface area (Å²) in [5.41, 5.74) is 5.00. The summed E-state index contributed by atoms with van der Waals surface area (Å²) in [7, 11) is 4.17. The summed E-state index contributed by atoms with van der Waals surface area (Å²) < 4.78 is 2.12. The summed E-state index contributed by atoms with van der Waals surface area (Å²) >= 11 is 6.26. The number of rotatable bonds is 5. The maximum Gasteiger partial charge on any atom is 0.0754 e. The molecule has 0 atom stereocenters. The van der Waals surface area contributed by atoms with E-state index in [1.807, 2.05) is 12.3 Å². The van der Waals surface area contributed by atoms with Gasteiger partial charge in [-0.25, -0.2) is 0 Å². The van der Waals surface area contributed by atoms with Gasteiger partial charge in [-0.1, -0.05) is 18.5 Å². The molecule has 1 aliphatic rings. The molecule has 118 valence electrons. The summed E-state index contributed by atoms with van der Waals surface area (Å²) in [6, 6.07) is 6.19. The average molecular weight is 319 g/mol. The molecule has 0 bridgehead atoms. The molecule has 0 N–H and O–H groups in total. The molecule has 2 heterocycles. The number of benzene rings is 1. The largest absolute Gasteiger partial charge is 0.367 e. The molecular formula is C17H23ClN4. The summed E-state index contributed by atoms with van der Waals surface area (Å²) in [6.45, 7) is 6.06. The van der Waals surface area contributed by atoms with Crippen LogP contribution in [0.1, 0.15) is 18.9 Å². The van der Waals surface area contributed by atoms with E-state index < -0.39 is 0 Å². The van der Waals surface area contributed by atoms with Crippen molar-refractivity contribution in [3.05, 3.63) is 35.0 Å². The zero-order valence-corrected chi connectivity index (χ0v) is 14.3. The van der Waals surface area contributed by atoms with E-state index in [0.717, 1.165) is 37.6 Å². The van der Waals surface area contributed by atoms with Crippen LogP contribution in [0.2, 0.25) is 5.02 Å². The van der Waals surface area contributed by atoms with Crippen LogP contribution in [0.4, 0.5) is 5.69 Å². The van der Waals surface area contributed by atoms with Crippen molar-refractivity contribution in [3.8, 4) is 11.3 Å². The second-order valence-corrected chi connectivity index (χ2v) is 6.56. The predicted octanol–water partition coefficient (Wildman–Crippen LogP) is 3.50. The molecule has 0 fully saturated rings. The fraction of sp³-hybridized carbons (Fsp3) is 0.471. The number of likely N-dealkylation sites (N-methyl/N-ethyl adjacent to an activating group) is 1. The Balaban J connectivity index is 2.04. The number of halogens is 1. The van der Waals surface area contributed by atoms with Gasteiger partial charge >= 0.3 is 0 Å². The molecule has 3 rings (SSSR count). The Bertz CT molecular complexity index is 663. The second-order valence-electron chi connectivity index (χ2n) is 6.13. The van der Waals surface area contributed by atoms with Crippen LogP contribution in [0.15, 0.2) is 24.4 Å². The first-order chi connectivity index (χ1) is 10.6. The molecule has 4 nitrogen and oxygen atoms in total. The SMILES string of the molecule is CCCN1Cc2cnn(CCN(C)C)c2-c2cc(Cl)ccc21. The normalized spacial score (nSPS) is 13.4. The molecule has 0 spiro atoms. The van der Waals surface area contributed by atoms with Crippen molar-refractivity contribution in [2.75, 3.05) is 32.1 Å². The van der Waals surface area contributed by atoms with Gasteiger partial charge in [-0.05, 0) is 38.7 Å². The van der Waals surface area contributed by atoms with Gasteiger partial charge in [-0.3, -0.25) is 4.68 Å². The molecule has 1 aromatic heterocycles. The van der Waals surface area contributed by atoms with E-state index in [-0.39, 0.29) is 0 Å². The summed E-state index contributed by atoms with van der Waals surface area (Å²) in [5, 5.41) is 5.39. The summed E-state index contributed by atoms with van der Waals surface area (Å²) in [6.07, 6.45) is 3.14. The number of hydrogen-bond acceptors (Lipinski definition) is 3. The van der Waals surface area contributed by atoms with Crippen LogP contribution in [0.25, 0.3) is 11.3 Å². The van der Waals surface area contributed by atoms with Crippen LogP contribution >= 0.6 is 11.6 Å².